The van der Waals surface area contributed by atoms with Crippen LogP contribution in [0.2, 0.25) is 5.02 Å². The molecule has 8 nitrogen and oxygen atoms in total. The summed E-state index contributed by atoms with van der Waals surface area (Å²) in [6.45, 7) is 3.20. The summed E-state index contributed by atoms with van der Waals surface area (Å²) in [4.78, 5) is 13.8. The third-order valence-corrected chi connectivity index (χ3v) is 11.4. The van der Waals surface area contributed by atoms with Crippen LogP contribution in [-0.4, -0.2) is 83.2 Å². The summed E-state index contributed by atoms with van der Waals surface area (Å²) < 4.78 is 43.4. The molecule has 0 spiro atoms. The van der Waals surface area contributed by atoms with Gasteiger partial charge in [-0.25, -0.2) is 17.6 Å². The average molecular weight is 685 g/mol. The molecular weight excluding hydrogens is 643 g/mol. The number of benzene rings is 2. The first-order valence-corrected chi connectivity index (χ1v) is 18.5. The Kier molecular flexibility index (Phi) is 10.9. The second-order valence-electron chi connectivity index (χ2n) is 12.8. The molecule has 2 aliphatic carbocycles. The minimum absolute atomic E-state index is 0.0229. The lowest BCUT2D eigenvalue weighted by Crippen LogP contribution is -2.49. The predicted octanol–water partition coefficient (Wildman–Crippen LogP) is 5.20. The molecule has 1 amide bonds. The molecule has 2 aliphatic heterocycles. The van der Waals surface area contributed by atoms with E-state index in [1.807, 2.05) is 12.1 Å². The zero-order valence-electron chi connectivity index (χ0n) is 26.8. The van der Waals surface area contributed by atoms with Crippen molar-refractivity contribution in [1.29, 1.82) is 0 Å². The Morgan fingerprint density at radius 1 is 0.936 bits per heavy atom. The van der Waals surface area contributed by atoms with Gasteiger partial charge in [0.05, 0.1) is 12.9 Å². The Balaban J connectivity index is 0.000000185. The minimum Gasteiger partial charge on any atom is -0.450 e. The number of likely N-dealkylation sites (tertiary alicyclic amines) is 1. The van der Waals surface area contributed by atoms with E-state index in [0.717, 1.165) is 37.7 Å². The van der Waals surface area contributed by atoms with Crippen LogP contribution in [0.4, 0.5) is 9.18 Å². The molecule has 2 heterocycles. The predicted molar refractivity (Wildman–Crippen MR) is 178 cm³/mol. The van der Waals surface area contributed by atoms with Gasteiger partial charge in [0.25, 0.3) is 0 Å². The van der Waals surface area contributed by atoms with Crippen molar-refractivity contribution >= 4 is 27.7 Å². The molecule has 4 aliphatic rings. The normalized spacial score (nSPS) is 30.0. The van der Waals surface area contributed by atoms with Gasteiger partial charge in [-0.15, -0.1) is 0 Å². The van der Waals surface area contributed by atoms with Gasteiger partial charge in [0.2, 0.25) is 10.0 Å². The molecular formula is C36H42ClFN2O6S. The van der Waals surface area contributed by atoms with E-state index in [0.29, 0.717) is 49.5 Å². The van der Waals surface area contributed by atoms with Gasteiger partial charge in [-0.3, -0.25) is 0 Å². The first kappa shape index (κ1) is 35.2. The van der Waals surface area contributed by atoms with Gasteiger partial charge >= 0.3 is 6.09 Å². The molecule has 0 radical (unpaired) electrons. The lowest BCUT2D eigenvalue weighted by molar-refractivity contribution is -0.0145. The maximum absolute atomic E-state index is 13.0. The number of carbonyl (C=O) groups excluding carboxylic acids is 1. The van der Waals surface area contributed by atoms with E-state index in [2.05, 4.69) is 23.7 Å². The van der Waals surface area contributed by atoms with E-state index in [9.17, 15) is 27.8 Å². The molecule has 2 saturated heterocycles. The number of aliphatic hydroxyl groups is 2. The summed E-state index contributed by atoms with van der Waals surface area (Å²) >= 11 is 5.96. The second kappa shape index (κ2) is 14.6. The van der Waals surface area contributed by atoms with Crippen LogP contribution in [-0.2, 0) is 14.8 Å². The van der Waals surface area contributed by atoms with Crippen molar-refractivity contribution in [1.82, 2.24) is 9.21 Å². The molecule has 2 aromatic carbocycles. The van der Waals surface area contributed by atoms with Crippen molar-refractivity contribution < 1.29 is 32.6 Å². The molecule has 0 bridgehead atoms. The molecule has 0 aromatic heterocycles. The summed E-state index contributed by atoms with van der Waals surface area (Å²) in [5.74, 6) is 11.5. The van der Waals surface area contributed by atoms with Crippen molar-refractivity contribution in [2.75, 3.05) is 26.0 Å². The summed E-state index contributed by atoms with van der Waals surface area (Å²) in [5, 5.41) is 22.7. The number of fused-ring (bicyclic) bond motifs is 2. The maximum Gasteiger partial charge on any atom is 0.410 e. The van der Waals surface area contributed by atoms with Gasteiger partial charge in [-0.05, 0) is 101 Å². The second-order valence-corrected chi connectivity index (χ2v) is 15.2. The standard InChI is InChI=1S/C19H22FNO3.C17H20ClNO3S/c1-2-24-18(22)21-13-10-16-17(21)4-3-11-19(16,23)12-9-14-5-7-15(20)8-6-14;1-23(21,22)19-11-8-15-16(19)6-3-9-17(15,20)10-7-13-4-2-5-14(18)12-13/h5-8,16-17,23H,2-4,10-11,13H2,1H3;2,4-5,12,15-16,20H,3,6,8-9,11H2,1H3. The molecule has 6 unspecified atom stereocenters. The zero-order chi connectivity index (χ0) is 33.8. The Morgan fingerprint density at radius 2 is 1.53 bits per heavy atom. The van der Waals surface area contributed by atoms with E-state index >= 15 is 0 Å². The number of nitrogens with zero attached hydrogens (tertiary/aromatic N) is 2. The third-order valence-electron chi connectivity index (χ3n) is 9.83. The molecule has 6 rings (SSSR count). The van der Waals surface area contributed by atoms with Crippen LogP contribution >= 0.6 is 11.6 Å². The highest BCUT2D eigenvalue weighted by Gasteiger charge is 2.52. The van der Waals surface area contributed by atoms with Gasteiger partial charge in [-0.2, -0.15) is 4.31 Å². The number of amides is 1. The van der Waals surface area contributed by atoms with Crippen molar-refractivity contribution in [3.05, 3.63) is 70.5 Å². The number of carbonyl (C=O) groups is 1. The van der Waals surface area contributed by atoms with Crippen LogP contribution in [0, 0.1) is 41.3 Å². The summed E-state index contributed by atoms with van der Waals surface area (Å²) in [6.07, 6.45) is 6.72. The van der Waals surface area contributed by atoms with Gasteiger partial charge in [0.1, 0.15) is 17.0 Å². The molecule has 2 N–H and O–H groups in total. The SMILES string of the molecule is CCOC(=O)N1CCC2C1CCCC2(O)C#Cc1ccc(F)cc1.CS(=O)(=O)N1CCC2C1CCCC2(O)C#Cc1cccc(Cl)c1. The summed E-state index contributed by atoms with van der Waals surface area (Å²) in [6, 6.07) is 13.0. The fraction of sp³-hybridized carbons (Fsp3) is 0.528. The topological polar surface area (TPSA) is 107 Å². The van der Waals surface area contributed by atoms with Gasteiger partial charge in [0, 0.05) is 53.2 Å². The lowest BCUT2D eigenvalue weighted by Gasteiger charge is -2.39. The molecule has 4 fully saturated rings. The van der Waals surface area contributed by atoms with Gasteiger partial charge in [-0.1, -0.05) is 41.3 Å². The average Bonchev–Trinajstić information content (AvgIpc) is 3.68. The minimum atomic E-state index is -3.24. The maximum atomic E-state index is 13.0. The van der Waals surface area contributed by atoms with E-state index < -0.39 is 21.2 Å². The van der Waals surface area contributed by atoms with Crippen LogP contribution in [0.15, 0.2) is 48.5 Å². The highest BCUT2D eigenvalue weighted by Crippen LogP contribution is 2.44. The van der Waals surface area contributed by atoms with Crippen LogP contribution in [0.3, 0.4) is 0 Å². The molecule has 252 valence electrons. The van der Waals surface area contributed by atoms with Crippen LogP contribution in [0.25, 0.3) is 0 Å². The van der Waals surface area contributed by atoms with Crippen molar-refractivity contribution in [2.24, 2.45) is 11.8 Å². The number of hydrogen-bond donors (Lipinski definition) is 2. The molecule has 11 heteroatoms. The molecule has 6 atom stereocenters. The summed E-state index contributed by atoms with van der Waals surface area (Å²) in [7, 11) is -3.24. The highest BCUT2D eigenvalue weighted by atomic mass is 35.5. The highest BCUT2D eigenvalue weighted by molar-refractivity contribution is 7.88. The van der Waals surface area contributed by atoms with Crippen LogP contribution in [0.1, 0.15) is 69.4 Å². The van der Waals surface area contributed by atoms with E-state index in [4.69, 9.17) is 16.3 Å². The zero-order valence-corrected chi connectivity index (χ0v) is 28.4. The monoisotopic (exact) mass is 684 g/mol. The van der Waals surface area contributed by atoms with Crippen LogP contribution in [0.5, 0.6) is 0 Å². The van der Waals surface area contributed by atoms with E-state index in [1.165, 1.54) is 22.7 Å². The Bertz CT molecular complexity index is 1680. The quantitative estimate of drug-likeness (QED) is 0.422. The fourth-order valence-corrected chi connectivity index (χ4v) is 9.01. The Morgan fingerprint density at radius 3 is 2.15 bits per heavy atom. The lowest BCUT2D eigenvalue weighted by atomic mass is 9.73. The number of rotatable bonds is 2. The first-order valence-electron chi connectivity index (χ1n) is 16.3. The van der Waals surface area contributed by atoms with Crippen molar-refractivity contribution in [3.63, 3.8) is 0 Å². The number of hydrogen-bond acceptors (Lipinski definition) is 6. The van der Waals surface area contributed by atoms with Crippen molar-refractivity contribution in [2.45, 2.75) is 81.6 Å². The largest absolute Gasteiger partial charge is 0.450 e. The molecule has 2 saturated carbocycles. The van der Waals surface area contributed by atoms with Crippen molar-refractivity contribution in [3.8, 4) is 23.7 Å². The molecule has 47 heavy (non-hydrogen) atoms. The number of sulfonamides is 1. The first-order chi connectivity index (χ1) is 22.3. The smallest absolute Gasteiger partial charge is 0.410 e. The van der Waals surface area contributed by atoms with Gasteiger partial charge < -0.3 is 19.8 Å². The fourth-order valence-electron chi connectivity index (χ4n) is 7.64. The summed E-state index contributed by atoms with van der Waals surface area (Å²) in [5.41, 5.74) is -0.818. The van der Waals surface area contributed by atoms with E-state index in [-0.39, 0.29) is 35.8 Å². The van der Waals surface area contributed by atoms with Gasteiger partial charge in [0.15, 0.2) is 0 Å². The van der Waals surface area contributed by atoms with E-state index in [1.54, 1.807) is 36.1 Å². The Labute approximate surface area is 282 Å². The molecule has 2 aromatic rings. The Hall–Kier alpha value is -3.12. The third kappa shape index (κ3) is 8.13. The van der Waals surface area contributed by atoms with Crippen LogP contribution < -0.4 is 0 Å². The number of halogens is 2. The number of ether oxygens (including phenoxy) is 1.